The Morgan fingerprint density at radius 2 is 2.00 bits per heavy atom. The lowest BCUT2D eigenvalue weighted by atomic mass is 10.2. The zero-order chi connectivity index (χ0) is 17.6. The lowest BCUT2D eigenvalue weighted by Gasteiger charge is -2.18. The summed E-state index contributed by atoms with van der Waals surface area (Å²) in [6.45, 7) is 4.79. The quantitative estimate of drug-likeness (QED) is 0.835. The zero-order valence-corrected chi connectivity index (χ0v) is 15.1. The third kappa shape index (κ3) is 4.97. The number of nitrogens with one attached hydrogen (secondary N) is 1. The minimum Gasteiger partial charge on any atom is -0.371 e. The molecule has 0 bridgehead atoms. The van der Waals surface area contributed by atoms with E-state index in [1.54, 1.807) is 0 Å². The van der Waals surface area contributed by atoms with E-state index in [-0.39, 0.29) is 12.5 Å². The van der Waals surface area contributed by atoms with Crippen molar-refractivity contribution in [2.45, 2.75) is 20.0 Å². The van der Waals surface area contributed by atoms with Crippen molar-refractivity contribution in [2.24, 2.45) is 5.92 Å². The second-order valence-electron chi connectivity index (χ2n) is 6.52. The second-order valence-corrected chi connectivity index (χ2v) is 6.93. The highest BCUT2D eigenvalue weighted by Crippen LogP contribution is 2.24. The van der Waals surface area contributed by atoms with E-state index in [4.69, 9.17) is 16.3 Å². The first-order valence-corrected chi connectivity index (χ1v) is 8.95. The van der Waals surface area contributed by atoms with E-state index in [2.05, 4.69) is 29.3 Å². The molecule has 3 rings (SSSR count). The number of anilines is 2. The molecule has 4 nitrogen and oxygen atoms in total. The van der Waals surface area contributed by atoms with Gasteiger partial charge in [-0.2, -0.15) is 0 Å². The van der Waals surface area contributed by atoms with Crippen LogP contribution in [-0.2, 0) is 16.1 Å². The highest BCUT2D eigenvalue weighted by atomic mass is 35.5. The van der Waals surface area contributed by atoms with Crippen LogP contribution in [0.3, 0.4) is 0 Å². The predicted octanol–water partition coefficient (Wildman–Crippen LogP) is 4.34. The van der Waals surface area contributed by atoms with Gasteiger partial charge in [0.25, 0.3) is 0 Å². The smallest absolute Gasteiger partial charge is 0.250 e. The number of ether oxygens (including phenoxy) is 1. The average molecular weight is 359 g/mol. The molecule has 2 aromatic carbocycles. The van der Waals surface area contributed by atoms with Gasteiger partial charge in [0.05, 0.1) is 6.61 Å². The van der Waals surface area contributed by atoms with Gasteiger partial charge in [-0.15, -0.1) is 0 Å². The standard InChI is InChI=1S/C20H23ClN2O2/c1-15-10-11-23(12-15)18-8-6-17(7-9-18)22-20(24)14-25-13-16-4-2-3-5-19(16)21/h2-9,15H,10-14H2,1H3,(H,22,24). The highest BCUT2D eigenvalue weighted by molar-refractivity contribution is 6.31. The van der Waals surface area contributed by atoms with Gasteiger partial charge in [-0.1, -0.05) is 36.7 Å². The fraction of sp³-hybridized carbons (Fsp3) is 0.350. The summed E-state index contributed by atoms with van der Waals surface area (Å²) in [5, 5.41) is 3.50. The van der Waals surface area contributed by atoms with Gasteiger partial charge in [-0.25, -0.2) is 0 Å². The van der Waals surface area contributed by atoms with Gasteiger partial charge < -0.3 is 15.0 Å². The van der Waals surface area contributed by atoms with Gasteiger partial charge in [0.15, 0.2) is 0 Å². The Bertz CT molecular complexity index is 718. The summed E-state index contributed by atoms with van der Waals surface area (Å²) in [6, 6.07) is 15.4. The third-order valence-electron chi connectivity index (χ3n) is 4.39. The number of hydrogen-bond donors (Lipinski definition) is 1. The summed E-state index contributed by atoms with van der Waals surface area (Å²) in [7, 11) is 0. The van der Waals surface area contributed by atoms with Crippen LogP contribution in [0.25, 0.3) is 0 Å². The van der Waals surface area contributed by atoms with Crippen LogP contribution in [0.15, 0.2) is 48.5 Å². The fourth-order valence-electron chi connectivity index (χ4n) is 2.99. The molecule has 1 unspecified atom stereocenters. The van der Waals surface area contributed by atoms with Crippen LogP contribution >= 0.6 is 11.6 Å². The summed E-state index contributed by atoms with van der Waals surface area (Å²) in [5.74, 6) is 0.573. The lowest BCUT2D eigenvalue weighted by molar-refractivity contribution is -0.121. The van der Waals surface area contributed by atoms with Crippen molar-refractivity contribution < 1.29 is 9.53 Å². The number of benzene rings is 2. The Hall–Kier alpha value is -2.04. The summed E-state index contributed by atoms with van der Waals surface area (Å²) in [5.41, 5.74) is 2.86. The van der Waals surface area contributed by atoms with E-state index in [1.165, 1.54) is 12.1 Å². The van der Waals surface area contributed by atoms with Gasteiger partial charge in [0.1, 0.15) is 6.61 Å². The Morgan fingerprint density at radius 1 is 1.24 bits per heavy atom. The number of amides is 1. The molecule has 1 fully saturated rings. The first-order valence-electron chi connectivity index (χ1n) is 8.58. The first kappa shape index (κ1) is 17.8. The Balaban J connectivity index is 1.45. The molecule has 0 spiro atoms. The van der Waals surface area contributed by atoms with Crippen molar-refractivity contribution in [3.05, 3.63) is 59.1 Å². The van der Waals surface area contributed by atoms with Crippen molar-refractivity contribution in [3.8, 4) is 0 Å². The monoisotopic (exact) mass is 358 g/mol. The first-order chi connectivity index (χ1) is 12.1. The van der Waals surface area contributed by atoms with Gasteiger partial charge in [-0.3, -0.25) is 4.79 Å². The molecule has 1 aliphatic heterocycles. The molecule has 1 atom stereocenters. The molecular weight excluding hydrogens is 336 g/mol. The Morgan fingerprint density at radius 3 is 2.68 bits per heavy atom. The molecule has 0 saturated carbocycles. The summed E-state index contributed by atoms with van der Waals surface area (Å²) >= 11 is 6.06. The zero-order valence-electron chi connectivity index (χ0n) is 14.4. The van der Waals surface area contributed by atoms with Crippen LogP contribution in [0.1, 0.15) is 18.9 Å². The predicted molar refractivity (Wildman–Crippen MR) is 102 cm³/mol. The maximum absolute atomic E-state index is 12.0. The molecule has 132 valence electrons. The second kappa shape index (κ2) is 8.37. The van der Waals surface area contributed by atoms with E-state index in [0.29, 0.717) is 11.6 Å². The molecule has 0 aliphatic carbocycles. The van der Waals surface area contributed by atoms with Gasteiger partial charge in [-0.05, 0) is 48.2 Å². The number of carbonyl (C=O) groups is 1. The number of carbonyl (C=O) groups excluding carboxylic acids is 1. The van der Waals surface area contributed by atoms with Gasteiger partial charge in [0.2, 0.25) is 5.91 Å². The molecular formula is C20H23ClN2O2. The molecule has 1 heterocycles. The summed E-state index contributed by atoms with van der Waals surface area (Å²) < 4.78 is 5.45. The number of hydrogen-bond acceptors (Lipinski definition) is 3. The van der Waals surface area contributed by atoms with Crippen LogP contribution in [0, 0.1) is 5.92 Å². The topological polar surface area (TPSA) is 41.6 Å². The number of nitrogens with zero attached hydrogens (tertiary/aromatic N) is 1. The maximum atomic E-state index is 12.0. The maximum Gasteiger partial charge on any atom is 0.250 e. The molecule has 1 amide bonds. The van der Waals surface area contributed by atoms with Crippen molar-refractivity contribution in [1.82, 2.24) is 0 Å². The van der Waals surface area contributed by atoms with Crippen LogP contribution in [0.4, 0.5) is 11.4 Å². The van der Waals surface area contributed by atoms with Gasteiger partial charge in [0, 0.05) is 29.5 Å². The van der Waals surface area contributed by atoms with Gasteiger partial charge >= 0.3 is 0 Å². The van der Waals surface area contributed by atoms with Crippen molar-refractivity contribution in [2.75, 3.05) is 29.9 Å². The summed E-state index contributed by atoms with van der Waals surface area (Å²) in [4.78, 5) is 14.4. The van der Waals surface area contributed by atoms with Crippen LogP contribution in [-0.4, -0.2) is 25.6 Å². The third-order valence-corrected chi connectivity index (χ3v) is 4.76. The molecule has 0 aromatic heterocycles. The van der Waals surface area contributed by atoms with Crippen molar-refractivity contribution >= 4 is 28.9 Å². The van der Waals surface area contributed by atoms with Crippen molar-refractivity contribution in [3.63, 3.8) is 0 Å². The molecule has 5 heteroatoms. The van der Waals surface area contributed by atoms with E-state index >= 15 is 0 Å². The number of rotatable bonds is 6. The average Bonchev–Trinajstić information content (AvgIpc) is 3.04. The van der Waals surface area contributed by atoms with E-state index in [9.17, 15) is 4.79 Å². The molecule has 2 aromatic rings. The number of halogens is 1. The van der Waals surface area contributed by atoms with E-state index < -0.39 is 0 Å². The molecule has 1 aliphatic rings. The van der Waals surface area contributed by atoms with Crippen LogP contribution < -0.4 is 10.2 Å². The van der Waals surface area contributed by atoms with E-state index in [1.807, 2.05) is 36.4 Å². The fourth-order valence-corrected chi connectivity index (χ4v) is 3.18. The Kier molecular flexibility index (Phi) is 5.95. The van der Waals surface area contributed by atoms with E-state index in [0.717, 1.165) is 30.3 Å². The molecule has 25 heavy (non-hydrogen) atoms. The normalized spacial score (nSPS) is 16.9. The summed E-state index contributed by atoms with van der Waals surface area (Å²) in [6.07, 6.45) is 1.24. The SMILES string of the molecule is CC1CCN(c2ccc(NC(=O)COCc3ccccc3Cl)cc2)C1. The van der Waals surface area contributed by atoms with Crippen LogP contribution in [0.2, 0.25) is 5.02 Å². The van der Waals surface area contributed by atoms with Crippen molar-refractivity contribution in [1.29, 1.82) is 0 Å². The molecule has 0 radical (unpaired) electrons. The largest absolute Gasteiger partial charge is 0.371 e. The minimum atomic E-state index is -0.172. The Labute approximate surface area is 153 Å². The molecule has 1 N–H and O–H groups in total. The molecule has 1 saturated heterocycles. The lowest BCUT2D eigenvalue weighted by Crippen LogP contribution is -2.20. The highest BCUT2D eigenvalue weighted by Gasteiger charge is 2.18. The van der Waals surface area contributed by atoms with Crippen LogP contribution in [0.5, 0.6) is 0 Å². The minimum absolute atomic E-state index is 0.00336.